The summed E-state index contributed by atoms with van der Waals surface area (Å²) in [5, 5.41) is 4.57. The average molecular weight is 1500 g/mol. The molecule has 8 heteroatoms. The van der Waals surface area contributed by atoms with Crippen LogP contribution in [-0.2, 0) is 6.37 Å². The number of oxazole rings is 3. The van der Waals surface area contributed by atoms with Crippen LogP contribution in [-0.4, -0.2) is 15.0 Å². The molecule has 552 valence electrons. The summed E-state index contributed by atoms with van der Waals surface area (Å²) in [4.78, 5) is 18.4. The molecular weight excluding hydrogens is 1420 g/mol. The molecule has 0 aliphatic carbocycles. The van der Waals surface area contributed by atoms with Crippen LogP contribution in [0.5, 0.6) is 0 Å². The highest BCUT2D eigenvalue weighted by Gasteiger charge is 2.20. The first-order valence-electron chi connectivity index (χ1n) is 44.0. The van der Waals surface area contributed by atoms with Gasteiger partial charge in [-0.3, -0.25) is 0 Å². The number of aryl methyl sites for hydroxylation is 4. The van der Waals surface area contributed by atoms with Crippen molar-refractivity contribution in [3.63, 3.8) is 0 Å². The Morgan fingerprint density at radius 3 is 0.845 bits per heavy atom. The Morgan fingerprint density at radius 1 is 0.241 bits per heavy atom. The van der Waals surface area contributed by atoms with Crippen molar-refractivity contribution in [1.29, 1.82) is 0 Å². The van der Waals surface area contributed by atoms with E-state index >= 15 is 0 Å². The van der Waals surface area contributed by atoms with E-state index in [1.54, 1.807) is 30.3 Å². The fraction of sp³-hybridized carbons (Fsp3) is 0.0463. The van der Waals surface area contributed by atoms with E-state index in [2.05, 4.69) is 176 Å². The van der Waals surface area contributed by atoms with Gasteiger partial charge in [0.25, 0.3) is 0 Å². The maximum Gasteiger partial charge on any atom is 0.227 e. The minimum absolute atomic E-state index is 0.160. The molecule has 0 saturated heterocycles. The topological polar surface area (TPSA) is 84.6 Å². The van der Waals surface area contributed by atoms with E-state index in [9.17, 15) is 0 Å². The second-order valence-electron chi connectivity index (χ2n) is 28.9. The van der Waals surface area contributed by atoms with Gasteiger partial charge in [0.15, 0.2) is 16.7 Å². The van der Waals surface area contributed by atoms with Crippen LogP contribution >= 0.6 is 0 Å². The number of para-hydroxylation sites is 7. The van der Waals surface area contributed by atoms with E-state index < -0.39 is 26.9 Å². The van der Waals surface area contributed by atoms with Gasteiger partial charge in [0.2, 0.25) is 17.7 Å². The van der Waals surface area contributed by atoms with Crippen molar-refractivity contribution in [3.05, 3.63) is 404 Å². The Kier molecular flexibility index (Phi) is 15.2. The normalized spacial score (nSPS) is 13.3. The predicted molar refractivity (Wildman–Crippen MR) is 482 cm³/mol. The quantitative estimate of drug-likeness (QED) is 0.0939. The van der Waals surface area contributed by atoms with E-state index in [0.29, 0.717) is 50.0 Å². The first-order chi connectivity index (χ1) is 61.5. The van der Waals surface area contributed by atoms with E-state index in [1.807, 2.05) is 207 Å². The number of benzene rings is 18. The van der Waals surface area contributed by atoms with Crippen molar-refractivity contribution >= 4 is 111 Å². The van der Waals surface area contributed by atoms with Crippen molar-refractivity contribution in [2.24, 2.45) is 0 Å². The summed E-state index contributed by atoms with van der Waals surface area (Å²) >= 11 is 0. The SMILES string of the molecule is [2H]C([2H])([2H])C([2H])([2H])c1c2ccccc2c(C)c2cc(-c3ccc(N(c4ccc(-c5ccc(-c6nc7ccccc7o6)cc5)cc4)c4ccc(-c5ccc(-c6nc7ccccc7o6)cc5)cc4)cc3)ccc12.[2H]C([2H])([2H])c1c2ccccc2c(C([2H])([2H])[2H])c2cc(-c3ccc(N(c4ccccc4)c4ccc(-c5ccc(-c6nc7ccccc7o6)cc5)cc4)cc3)ccc12. The van der Waals surface area contributed by atoms with E-state index in [4.69, 9.17) is 28.3 Å². The Labute approximate surface area is 688 Å². The van der Waals surface area contributed by atoms with E-state index in [0.717, 1.165) is 156 Å². The van der Waals surface area contributed by atoms with Crippen LogP contribution in [0.1, 0.15) is 44.2 Å². The lowest BCUT2D eigenvalue weighted by Crippen LogP contribution is -2.09. The van der Waals surface area contributed by atoms with Gasteiger partial charge in [-0.25, -0.2) is 15.0 Å². The molecule has 0 fully saturated rings. The van der Waals surface area contributed by atoms with Gasteiger partial charge in [-0.15, -0.1) is 0 Å². The maximum absolute atomic E-state index is 8.88. The lowest BCUT2D eigenvalue weighted by molar-refractivity contribution is 0.619. The van der Waals surface area contributed by atoms with Gasteiger partial charge in [0.1, 0.15) is 16.6 Å². The van der Waals surface area contributed by atoms with Gasteiger partial charge >= 0.3 is 0 Å². The monoisotopic (exact) mass is 1500 g/mol. The molecule has 21 rings (SSSR count). The molecule has 0 aliphatic heterocycles. The molecule has 0 bridgehead atoms. The van der Waals surface area contributed by atoms with Crippen molar-refractivity contribution in [2.75, 3.05) is 9.80 Å². The second-order valence-corrected chi connectivity index (χ2v) is 28.9. The summed E-state index contributed by atoms with van der Waals surface area (Å²) in [6.07, 6.45) is -2.57. The van der Waals surface area contributed by atoms with Crippen LogP contribution in [0.3, 0.4) is 0 Å². The van der Waals surface area contributed by atoms with E-state index in [1.165, 1.54) is 0 Å². The minimum atomic E-state index is -2.86. The highest BCUT2D eigenvalue weighted by molar-refractivity contribution is 6.08. The number of rotatable bonds is 15. The third-order valence-electron chi connectivity index (χ3n) is 22.0. The first-order valence-corrected chi connectivity index (χ1v) is 38.5. The van der Waals surface area contributed by atoms with Crippen LogP contribution in [0, 0.1) is 20.6 Å². The largest absolute Gasteiger partial charge is 0.436 e. The van der Waals surface area contributed by atoms with Crippen LogP contribution in [0.25, 0.3) is 166 Å². The fourth-order valence-electron chi connectivity index (χ4n) is 16.0. The highest BCUT2D eigenvalue weighted by atomic mass is 16.4. The molecular formula is C108H77N5O3. The fourth-order valence-corrected chi connectivity index (χ4v) is 16.0. The molecule has 3 aromatic heterocycles. The second kappa shape index (κ2) is 29.9. The maximum atomic E-state index is 8.88. The molecule has 0 radical (unpaired) electrons. The standard InChI is InChI=1S/C61H43N3O2.C47H34N2O/c1-3-51-53-11-5-4-10-52(53)39(2)55-38-47(30-37-54(51)55)44-28-35-50(36-29-44)64(48-31-24-42(25-32-48)40-16-20-45(21-17-40)60-62-56-12-6-8-14-58(56)65-60)49-33-26-43(27-34-49)41-18-22-46(23-19-41)61-63-57-13-7-9-15-59(57)66-61;1-31-41-12-6-7-13-42(41)32(2)44-30-37(24-29-43(31)44)35-22-27-40(28-23-35)49(38-10-4-3-5-11-38)39-25-20-34(21-26-39)33-16-18-36(19-17-33)47-48-45-14-8-9-15-46(45)50-47/h4-38H,3H2,1-2H3;3-30H,1-2H3/i1D3,3D2;1D3,2D3. The molecule has 0 atom stereocenters. The zero-order valence-corrected chi connectivity index (χ0v) is 62.8. The van der Waals surface area contributed by atoms with Crippen LogP contribution in [0.15, 0.2) is 395 Å². The summed E-state index contributed by atoms with van der Waals surface area (Å²) in [7, 11) is 0. The number of nitrogens with zero attached hydrogens (tertiary/aromatic N) is 5. The van der Waals surface area contributed by atoms with Crippen molar-refractivity contribution < 1.29 is 28.3 Å². The minimum Gasteiger partial charge on any atom is -0.436 e. The Morgan fingerprint density at radius 2 is 0.491 bits per heavy atom. The van der Waals surface area contributed by atoms with Gasteiger partial charge < -0.3 is 23.1 Å². The van der Waals surface area contributed by atoms with Crippen LogP contribution in [0.4, 0.5) is 34.1 Å². The summed E-state index contributed by atoms with van der Waals surface area (Å²) in [5.74, 6) is 1.77. The summed E-state index contributed by atoms with van der Waals surface area (Å²) in [5.41, 5.74) is 24.8. The van der Waals surface area contributed by atoms with Crippen molar-refractivity contribution in [3.8, 4) is 90.0 Å². The summed E-state index contributed by atoms with van der Waals surface area (Å²) < 4.78 is 111. The zero-order valence-electron chi connectivity index (χ0n) is 73.8. The third kappa shape index (κ3) is 13.2. The number of fused-ring (bicyclic) bond motifs is 7. The molecule has 0 aliphatic rings. The van der Waals surface area contributed by atoms with Gasteiger partial charge in [-0.05, 0) is 306 Å². The molecule has 18 aromatic carbocycles. The van der Waals surface area contributed by atoms with Crippen molar-refractivity contribution in [1.82, 2.24) is 15.0 Å². The predicted octanol–water partition coefficient (Wildman–Crippen LogP) is 30.2. The average Bonchev–Trinajstić information content (AvgIpc) is 0.977. The third-order valence-corrected chi connectivity index (χ3v) is 22.0. The molecule has 3 heterocycles. The van der Waals surface area contributed by atoms with Gasteiger partial charge in [0, 0.05) is 65.9 Å². The Bertz CT molecular complexity index is 7450. The van der Waals surface area contributed by atoms with E-state index in [-0.39, 0.29) is 16.7 Å². The molecule has 0 spiro atoms. The molecule has 21 aromatic rings. The lowest BCUT2D eigenvalue weighted by Gasteiger charge is -2.26. The Balaban J connectivity index is 0.000000164. The smallest absolute Gasteiger partial charge is 0.227 e. The van der Waals surface area contributed by atoms with Gasteiger partial charge in [0.05, 0.1) is 0 Å². The Hall–Kier alpha value is -15.0. The highest BCUT2D eigenvalue weighted by Crippen LogP contribution is 2.44. The number of anilines is 6. The van der Waals surface area contributed by atoms with Gasteiger partial charge in [-0.2, -0.15) is 0 Å². The summed E-state index contributed by atoms with van der Waals surface area (Å²) in [6.45, 7) is -5.74. The lowest BCUT2D eigenvalue weighted by atomic mass is 9.89. The molecule has 116 heavy (non-hydrogen) atoms. The number of aromatic nitrogens is 3. The first kappa shape index (κ1) is 58.9. The number of hydrogen-bond acceptors (Lipinski definition) is 8. The van der Waals surface area contributed by atoms with Crippen LogP contribution < -0.4 is 9.80 Å². The molecule has 0 amide bonds. The number of hydrogen-bond donors (Lipinski definition) is 0. The zero-order chi connectivity index (χ0) is 87.0. The summed E-state index contributed by atoms with van der Waals surface area (Å²) in [6, 6.07) is 126. The molecule has 0 saturated carbocycles. The molecule has 0 N–H and O–H groups in total. The van der Waals surface area contributed by atoms with Crippen LogP contribution in [0.2, 0.25) is 0 Å². The molecule has 0 unspecified atom stereocenters. The van der Waals surface area contributed by atoms with Gasteiger partial charge in [-0.1, -0.05) is 231 Å². The molecule has 8 nitrogen and oxygen atoms in total. The van der Waals surface area contributed by atoms with Crippen molar-refractivity contribution in [2.45, 2.75) is 33.9 Å².